The van der Waals surface area contributed by atoms with Gasteiger partial charge in [-0.3, -0.25) is 4.79 Å². The molecule has 1 amide bonds. The minimum atomic E-state index is -1.05. The minimum Gasteiger partial charge on any atom is -0.371 e. The van der Waals surface area contributed by atoms with E-state index >= 15 is 0 Å². The lowest BCUT2D eigenvalue weighted by Crippen LogP contribution is -2.51. The maximum Gasteiger partial charge on any atom is 0.255 e. The highest BCUT2D eigenvalue weighted by atomic mass is 16.6. The average molecular weight is 289 g/mol. The third kappa shape index (κ3) is 2.51. The fourth-order valence-electron chi connectivity index (χ4n) is 2.86. The Morgan fingerprint density at radius 1 is 1.33 bits per heavy atom. The number of benzene rings is 1. The van der Waals surface area contributed by atoms with Crippen LogP contribution in [0.3, 0.4) is 0 Å². The zero-order valence-electron chi connectivity index (χ0n) is 12.2. The first kappa shape index (κ1) is 14.0. The van der Waals surface area contributed by atoms with E-state index in [1.807, 2.05) is 0 Å². The number of carbonyl (C=O) groups is 1. The Bertz CT molecular complexity index is 659. The quantitative estimate of drug-likeness (QED) is 0.857. The smallest absolute Gasteiger partial charge is 0.255 e. The molecule has 0 atom stereocenters. The summed E-state index contributed by atoms with van der Waals surface area (Å²) >= 11 is 0. The molecular weight excluding hydrogens is 270 g/mol. The van der Waals surface area contributed by atoms with Crippen molar-refractivity contribution < 1.29 is 14.5 Å². The molecule has 0 saturated heterocycles. The largest absolute Gasteiger partial charge is 0.371 e. The van der Waals surface area contributed by atoms with Crippen molar-refractivity contribution in [1.29, 1.82) is 0 Å². The molecule has 0 aliphatic heterocycles. The van der Waals surface area contributed by atoms with E-state index in [1.165, 1.54) is 4.90 Å². The van der Waals surface area contributed by atoms with Gasteiger partial charge < -0.3 is 10.0 Å². The first-order valence-electron chi connectivity index (χ1n) is 7.22. The van der Waals surface area contributed by atoms with Gasteiger partial charge in [0.2, 0.25) is 0 Å². The lowest BCUT2D eigenvalue weighted by molar-refractivity contribution is -0.106. The van der Waals surface area contributed by atoms with Crippen molar-refractivity contribution in [1.82, 2.24) is 15.2 Å². The van der Waals surface area contributed by atoms with Crippen LogP contribution in [0.2, 0.25) is 0 Å². The maximum absolute atomic E-state index is 12.6. The number of hydrogen-bond donors (Lipinski definition) is 1. The van der Waals surface area contributed by atoms with Crippen molar-refractivity contribution in [2.75, 3.05) is 7.05 Å². The average Bonchev–Trinajstić information content (AvgIpc) is 2.96. The molecule has 6 heteroatoms. The van der Waals surface area contributed by atoms with Crippen LogP contribution in [0.4, 0.5) is 0 Å². The maximum atomic E-state index is 12.6. The molecule has 112 valence electrons. The van der Waals surface area contributed by atoms with Gasteiger partial charge in [-0.1, -0.05) is 6.92 Å². The van der Waals surface area contributed by atoms with E-state index in [2.05, 4.69) is 21.9 Å². The predicted molar refractivity (Wildman–Crippen MR) is 76.5 cm³/mol. The van der Waals surface area contributed by atoms with Crippen LogP contribution in [0, 0.1) is 5.92 Å². The molecule has 1 aromatic carbocycles. The van der Waals surface area contributed by atoms with Gasteiger partial charge in [-0.2, -0.15) is 0 Å². The number of aliphatic hydroxyl groups is 1. The first-order chi connectivity index (χ1) is 9.99. The molecule has 1 aliphatic carbocycles. The van der Waals surface area contributed by atoms with Crippen molar-refractivity contribution >= 4 is 16.9 Å². The molecule has 1 saturated carbocycles. The fraction of sp³-hybridized carbons (Fsp3) is 0.533. The monoisotopic (exact) mass is 289 g/mol. The van der Waals surface area contributed by atoms with Gasteiger partial charge in [0.25, 0.3) is 5.91 Å². The summed E-state index contributed by atoms with van der Waals surface area (Å²) in [6.07, 6.45) is 3.09. The first-order valence-corrected chi connectivity index (χ1v) is 7.22. The van der Waals surface area contributed by atoms with E-state index in [0.29, 0.717) is 35.4 Å². The highest BCUT2D eigenvalue weighted by Gasteiger charge is 2.38. The Balaban J connectivity index is 1.83. The number of rotatable bonds is 2. The summed E-state index contributed by atoms with van der Waals surface area (Å²) in [6, 6.07) is 5.01. The van der Waals surface area contributed by atoms with Crippen LogP contribution in [0.5, 0.6) is 0 Å². The summed E-state index contributed by atoms with van der Waals surface area (Å²) in [5.74, 6) is 0.392. The van der Waals surface area contributed by atoms with E-state index in [1.54, 1.807) is 25.2 Å². The Morgan fingerprint density at radius 2 is 2.00 bits per heavy atom. The van der Waals surface area contributed by atoms with Gasteiger partial charge in [0.05, 0.1) is 0 Å². The number of carbonyl (C=O) groups excluding carboxylic acids is 1. The summed E-state index contributed by atoms with van der Waals surface area (Å²) < 4.78 is 4.63. The Labute approximate surface area is 122 Å². The Morgan fingerprint density at radius 3 is 2.71 bits per heavy atom. The highest BCUT2D eigenvalue weighted by Crippen LogP contribution is 2.34. The van der Waals surface area contributed by atoms with E-state index < -0.39 is 5.72 Å². The van der Waals surface area contributed by atoms with E-state index in [0.717, 1.165) is 12.8 Å². The molecule has 0 unspecified atom stereocenters. The van der Waals surface area contributed by atoms with Crippen LogP contribution in [-0.2, 0) is 0 Å². The zero-order valence-corrected chi connectivity index (χ0v) is 12.2. The molecule has 21 heavy (non-hydrogen) atoms. The third-order valence-corrected chi connectivity index (χ3v) is 4.50. The highest BCUT2D eigenvalue weighted by molar-refractivity contribution is 5.97. The van der Waals surface area contributed by atoms with E-state index in [9.17, 15) is 9.90 Å². The summed E-state index contributed by atoms with van der Waals surface area (Å²) in [4.78, 5) is 14.0. The molecule has 0 spiro atoms. The number of hydrogen-bond acceptors (Lipinski definition) is 5. The molecule has 1 aromatic heterocycles. The second kappa shape index (κ2) is 5.11. The van der Waals surface area contributed by atoms with E-state index in [4.69, 9.17) is 0 Å². The van der Waals surface area contributed by atoms with Crippen LogP contribution >= 0.6 is 0 Å². The SMILES string of the molecule is CN(C(=O)c1ccc2nonc2c1)[C@]1(O)CC[C@@H](C)CC1. The number of fused-ring (bicyclic) bond motifs is 1. The van der Waals surface area contributed by atoms with Crippen LogP contribution in [0.25, 0.3) is 11.0 Å². The molecule has 3 rings (SSSR count). The summed E-state index contributed by atoms with van der Waals surface area (Å²) in [6.45, 7) is 2.17. The molecule has 1 heterocycles. The number of nitrogens with zero attached hydrogens (tertiary/aromatic N) is 3. The molecule has 1 N–H and O–H groups in total. The fourth-order valence-corrected chi connectivity index (χ4v) is 2.86. The van der Waals surface area contributed by atoms with Crippen molar-refractivity contribution in [3.8, 4) is 0 Å². The molecule has 1 aliphatic rings. The predicted octanol–water partition coefficient (Wildman–Crippen LogP) is 2.19. The van der Waals surface area contributed by atoms with Gasteiger partial charge in [-0.15, -0.1) is 0 Å². The van der Waals surface area contributed by atoms with Gasteiger partial charge in [-0.05, 0) is 60.1 Å². The van der Waals surface area contributed by atoms with Gasteiger partial charge in [0.1, 0.15) is 16.8 Å². The third-order valence-electron chi connectivity index (χ3n) is 4.50. The van der Waals surface area contributed by atoms with Crippen molar-refractivity contribution in [3.05, 3.63) is 23.8 Å². The molecule has 2 aromatic rings. The standard InChI is InChI=1S/C15H19N3O3/c1-10-5-7-15(20,8-6-10)18(2)14(19)11-3-4-12-13(9-11)17-21-16-12/h3-4,9-10,20H,5-8H2,1-2H3/t10-,15+. The number of amides is 1. The van der Waals surface area contributed by atoms with Crippen LogP contribution in [0.1, 0.15) is 43.0 Å². The summed E-state index contributed by atoms with van der Waals surface area (Å²) in [7, 11) is 1.66. The molecule has 1 fully saturated rings. The zero-order chi connectivity index (χ0) is 15.0. The minimum absolute atomic E-state index is 0.211. The van der Waals surface area contributed by atoms with Crippen LogP contribution in [0.15, 0.2) is 22.8 Å². The second-order valence-corrected chi connectivity index (χ2v) is 6.00. The van der Waals surface area contributed by atoms with Gasteiger partial charge >= 0.3 is 0 Å². The molecule has 0 radical (unpaired) electrons. The summed E-state index contributed by atoms with van der Waals surface area (Å²) in [5.41, 5.74) is 0.575. The molecule has 6 nitrogen and oxygen atoms in total. The van der Waals surface area contributed by atoms with Crippen LogP contribution in [-0.4, -0.2) is 39.0 Å². The van der Waals surface area contributed by atoms with Crippen molar-refractivity contribution in [2.45, 2.75) is 38.3 Å². The lowest BCUT2D eigenvalue weighted by atomic mass is 9.84. The van der Waals surface area contributed by atoms with Gasteiger partial charge in [0, 0.05) is 12.6 Å². The second-order valence-electron chi connectivity index (χ2n) is 6.00. The van der Waals surface area contributed by atoms with Crippen LogP contribution < -0.4 is 0 Å². The molecular formula is C15H19N3O3. The normalized spacial score (nSPS) is 26.0. The van der Waals surface area contributed by atoms with E-state index in [-0.39, 0.29) is 5.91 Å². The Kier molecular flexibility index (Phi) is 3.41. The van der Waals surface area contributed by atoms with Crippen molar-refractivity contribution in [2.24, 2.45) is 5.92 Å². The lowest BCUT2D eigenvalue weighted by Gasteiger charge is -2.41. The van der Waals surface area contributed by atoms with Gasteiger partial charge in [-0.25, -0.2) is 4.63 Å². The van der Waals surface area contributed by atoms with Crippen molar-refractivity contribution in [3.63, 3.8) is 0 Å². The van der Waals surface area contributed by atoms with Gasteiger partial charge in [0.15, 0.2) is 0 Å². The topological polar surface area (TPSA) is 79.5 Å². The Hall–Kier alpha value is -1.95. The molecule has 0 bridgehead atoms. The number of aromatic nitrogens is 2. The summed E-state index contributed by atoms with van der Waals surface area (Å²) in [5, 5.41) is 18.2.